The Bertz CT molecular complexity index is 1300. The number of alkyl carbamates (subject to hydrolysis) is 1. The van der Waals surface area contributed by atoms with Crippen LogP contribution in [0.1, 0.15) is 48.3 Å². The molecular formula is C30H36F4N4O4. The second-order valence-electron chi connectivity index (χ2n) is 11.2. The standard InChI is InChI=1S/C30H36F4N4O4/c1-18-13-21(30(32,33)34)15-24(14-18)36(2)29(41)37(3)26-17-38(16-25(26)19-5-9-22(31)10-6-19)27(39)20-7-11-23(12-8-20)35-28(40)42-4/h5-6,9-10,13-15,20,23,25-26H,7-8,11-12,16-17H2,1-4H3,(H,35,40)/t20-,23-,25-,26+/m0/s1. The van der Waals surface area contributed by atoms with E-state index in [1.54, 1.807) is 24.1 Å². The summed E-state index contributed by atoms with van der Waals surface area (Å²) in [6.07, 6.45) is -2.64. The molecule has 0 spiro atoms. The number of likely N-dealkylation sites (N-methyl/N-ethyl adjacent to an activating group) is 1. The number of anilines is 1. The van der Waals surface area contributed by atoms with E-state index in [0.29, 0.717) is 37.8 Å². The molecule has 2 fully saturated rings. The van der Waals surface area contributed by atoms with E-state index in [4.69, 9.17) is 0 Å². The van der Waals surface area contributed by atoms with E-state index >= 15 is 0 Å². The number of likely N-dealkylation sites (tertiary alicyclic amines) is 1. The summed E-state index contributed by atoms with van der Waals surface area (Å²) < 4.78 is 58.7. The van der Waals surface area contributed by atoms with Gasteiger partial charge in [-0.2, -0.15) is 13.2 Å². The quantitative estimate of drug-likeness (QED) is 0.462. The minimum Gasteiger partial charge on any atom is -0.453 e. The molecule has 1 N–H and O–H groups in total. The number of nitrogens with one attached hydrogen (secondary N) is 1. The van der Waals surface area contributed by atoms with Crippen molar-refractivity contribution >= 4 is 23.7 Å². The molecular weight excluding hydrogens is 556 g/mol. The predicted molar refractivity (Wildman–Crippen MR) is 149 cm³/mol. The van der Waals surface area contributed by atoms with Crippen molar-refractivity contribution in [2.45, 2.75) is 56.8 Å². The second kappa shape index (κ2) is 12.6. The van der Waals surface area contributed by atoms with Gasteiger partial charge in [-0.15, -0.1) is 0 Å². The lowest BCUT2D eigenvalue weighted by Crippen LogP contribution is -2.48. The van der Waals surface area contributed by atoms with E-state index in [-0.39, 0.29) is 36.0 Å². The minimum absolute atomic E-state index is 0.0520. The Morgan fingerprint density at radius 2 is 1.62 bits per heavy atom. The first-order valence-corrected chi connectivity index (χ1v) is 13.9. The molecule has 2 aromatic rings. The van der Waals surface area contributed by atoms with Crippen LogP contribution in [0, 0.1) is 18.7 Å². The summed E-state index contributed by atoms with van der Waals surface area (Å²) in [6, 6.07) is 8.27. The van der Waals surface area contributed by atoms with E-state index in [9.17, 15) is 31.9 Å². The summed E-state index contributed by atoms with van der Waals surface area (Å²) in [4.78, 5) is 43.1. The lowest BCUT2D eigenvalue weighted by Gasteiger charge is -2.33. The van der Waals surface area contributed by atoms with Crippen molar-refractivity contribution < 1.29 is 36.7 Å². The van der Waals surface area contributed by atoms with Crippen LogP contribution < -0.4 is 10.2 Å². The van der Waals surface area contributed by atoms with E-state index < -0.39 is 35.7 Å². The van der Waals surface area contributed by atoms with E-state index in [1.165, 1.54) is 49.1 Å². The van der Waals surface area contributed by atoms with Crippen LogP contribution in [0.25, 0.3) is 0 Å². The van der Waals surface area contributed by atoms with Crippen molar-refractivity contribution in [1.82, 2.24) is 15.1 Å². The van der Waals surface area contributed by atoms with Gasteiger partial charge < -0.3 is 19.9 Å². The molecule has 1 heterocycles. The molecule has 0 aromatic heterocycles. The van der Waals surface area contributed by atoms with E-state index in [1.807, 2.05) is 0 Å². The van der Waals surface area contributed by atoms with Gasteiger partial charge in [0.2, 0.25) is 5.91 Å². The van der Waals surface area contributed by atoms with Gasteiger partial charge in [0.15, 0.2) is 0 Å². The minimum atomic E-state index is -4.56. The number of carbonyl (C=O) groups excluding carboxylic acids is 3. The largest absolute Gasteiger partial charge is 0.453 e. The lowest BCUT2D eigenvalue weighted by molar-refractivity contribution is -0.137. The van der Waals surface area contributed by atoms with Crippen LogP contribution in [-0.2, 0) is 15.7 Å². The first kappa shape index (κ1) is 31.1. The fourth-order valence-corrected chi connectivity index (χ4v) is 5.97. The molecule has 4 amide bonds. The number of hydrogen-bond acceptors (Lipinski definition) is 4. The smallest absolute Gasteiger partial charge is 0.416 e. The van der Waals surface area contributed by atoms with Gasteiger partial charge in [0.25, 0.3) is 0 Å². The van der Waals surface area contributed by atoms with E-state index in [0.717, 1.165) is 17.7 Å². The summed E-state index contributed by atoms with van der Waals surface area (Å²) >= 11 is 0. The molecule has 2 aromatic carbocycles. The molecule has 1 aliphatic heterocycles. The zero-order chi connectivity index (χ0) is 30.8. The molecule has 12 heteroatoms. The van der Waals surface area contributed by atoms with Crippen molar-refractivity contribution in [2.75, 3.05) is 39.2 Å². The Morgan fingerprint density at radius 1 is 0.976 bits per heavy atom. The van der Waals surface area contributed by atoms with Gasteiger partial charge in [0.05, 0.1) is 18.7 Å². The SMILES string of the molecule is COC(=O)N[C@H]1CC[C@H](C(=O)N2C[C@@H](N(C)C(=O)N(C)c3cc(C)cc(C(F)(F)F)c3)[C@H](c3ccc(F)cc3)C2)CC1. The van der Waals surface area contributed by atoms with Gasteiger partial charge in [-0.1, -0.05) is 12.1 Å². The summed E-state index contributed by atoms with van der Waals surface area (Å²) in [7, 11) is 4.28. The number of carbonyl (C=O) groups is 3. The Hall–Kier alpha value is -3.83. The van der Waals surface area contributed by atoms with Gasteiger partial charge in [-0.3, -0.25) is 9.69 Å². The molecule has 4 rings (SSSR count). The average Bonchev–Trinajstić information content (AvgIpc) is 3.41. The Balaban J connectivity index is 1.53. The number of rotatable bonds is 5. The van der Waals surface area contributed by atoms with Crippen LogP contribution >= 0.6 is 0 Å². The molecule has 2 atom stereocenters. The maximum Gasteiger partial charge on any atom is 0.416 e. The fraction of sp³-hybridized carbons (Fsp3) is 0.500. The first-order chi connectivity index (χ1) is 19.8. The van der Waals surface area contributed by atoms with Gasteiger partial charge in [-0.25, -0.2) is 14.0 Å². The molecule has 8 nitrogen and oxygen atoms in total. The number of nitrogens with zero attached hydrogens (tertiary/aromatic N) is 3. The molecule has 42 heavy (non-hydrogen) atoms. The van der Waals surface area contributed by atoms with Gasteiger partial charge >= 0.3 is 18.3 Å². The zero-order valence-corrected chi connectivity index (χ0v) is 24.1. The molecule has 1 saturated carbocycles. The average molecular weight is 593 g/mol. The normalized spacial score (nSPS) is 22.4. The van der Waals surface area contributed by atoms with Gasteiger partial charge in [0.1, 0.15) is 5.82 Å². The number of amides is 4. The predicted octanol–water partition coefficient (Wildman–Crippen LogP) is 5.55. The number of halogens is 4. The Kier molecular flexibility index (Phi) is 9.32. The Labute approximate surface area is 242 Å². The van der Waals surface area contributed by atoms with Gasteiger partial charge in [-0.05, 0) is 74.1 Å². The van der Waals surface area contributed by atoms with Crippen molar-refractivity contribution in [2.24, 2.45) is 5.92 Å². The van der Waals surface area contributed by atoms with Crippen LogP contribution in [-0.4, -0.2) is 74.2 Å². The molecule has 1 saturated heterocycles. The van der Waals surface area contributed by atoms with Crippen LogP contribution in [0.5, 0.6) is 0 Å². The summed E-state index contributed by atoms with van der Waals surface area (Å²) in [5, 5.41) is 2.78. The van der Waals surface area contributed by atoms with Crippen molar-refractivity contribution in [3.63, 3.8) is 0 Å². The number of ether oxygens (including phenoxy) is 1. The van der Waals surface area contributed by atoms with Gasteiger partial charge in [0, 0.05) is 50.7 Å². The third-order valence-corrected chi connectivity index (χ3v) is 8.35. The monoisotopic (exact) mass is 592 g/mol. The van der Waals surface area contributed by atoms with Crippen molar-refractivity contribution in [1.29, 1.82) is 0 Å². The number of aryl methyl sites for hydroxylation is 1. The van der Waals surface area contributed by atoms with Crippen molar-refractivity contribution in [3.05, 3.63) is 65.0 Å². The van der Waals surface area contributed by atoms with Crippen LogP contribution in [0.15, 0.2) is 42.5 Å². The molecule has 0 radical (unpaired) electrons. The molecule has 0 bridgehead atoms. The fourth-order valence-electron chi connectivity index (χ4n) is 5.97. The number of alkyl halides is 3. The summed E-state index contributed by atoms with van der Waals surface area (Å²) in [5.74, 6) is -1.05. The number of methoxy groups -OCH3 is 1. The second-order valence-corrected chi connectivity index (χ2v) is 11.2. The molecule has 2 aliphatic rings. The third kappa shape index (κ3) is 6.96. The number of benzene rings is 2. The lowest BCUT2D eigenvalue weighted by atomic mass is 9.85. The third-order valence-electron chi connectivity index (χ3n) is 8.35. The summed E-state index contributed by atoms with van der Waals surface area (Å²) in [6.45, 7) is 2.06. The highest BCUT2D eigenvalue weighted by molar-refractivity contribution is 5.92. The Morgan fingerprint density at radius 3 is 2.21 bits per heavy atom. The highest BCUT2D eigenvalue weighted by Crippen LogP contribution is 2.36. The maximum atomic E-state index is 13.7. The van der Waals surface area contributed by atoms with Crippen LogP contribution in [0.3, 0.4) is 0 Å². The molecule has 1 aliphatic carbocycles. The zero-order valence-electron chi connectivity index (χ0n) is 24.1. The first-order valence-electron chi connectivity index (χ1n) is 13.9. The summed E-state index contributed by atoms with van der Waals surface area (Å²) in [5.41, 5.74) is 0.360. The molecule has 0 unspecified atom stereocenters. The molecule has 228 valence electrons. The van der Waals surface area contributed by atoms with Crippen molar-refractivity contribution in [3.8, 4) is 0 Å². The maximum absolute atomic E-state index is 13.7. The highest BCUT2D eigenvalue weighted by atomic mass is 19.4. The topological polar surface area (TPSA) is 82.2 Å². The number of hydrogen-bond donors (Lipinski definition) is 1. The van der Waals surface area contributed by atoms with Crippen LogP contribution in [0.2, 0.25) is 0 Å². The highest BCUT2D eigenvalue weighted by Gasteiger charge is 2.43. The van der Waals surface area contributed by atoms with Crippen LogP contribution in [0.4, 0.5) is 32.8 Å². The number of urea groups is 1. The van der Waals surface area contributed by atoms with E-state index in [2.05, 4.69) is 10.1 Å².